The van der Waals surface area contributed by atoms with E-state index >= 15 is 0 Å². The number of anilines is 2. The second-order valence-corrected chi connectivity index (χ2v) is 6.91. The zero-order chi connectivity index (χ0) is 19.3. The van der Waals surface area contributed by atoms with E-state index < -0.39 is 17.9 Å². The number of fused-ring (bicyclic) bond motifs is 1. The van der Waals surface area contributed by atoms with Gasteiger partial charge in [-0.25, -0.2) is 4.90 Å². The number of carbonyl (C=O) groups excluding carboxylic acids is 3. The molecule has 2 aromatic carbocycles. The number of hydrazine groups is 1. The van der Waals surface area contributed by atoms with Gasteiger partial charge in [-0.2, -0.15) is 0 Å². The minimum atomic E-state index is -0.895. The maximum Gasteiger partial charge on any atom is 0.266 e. The van der Waals surface area contributed by atoms with Crippen LogP contribution in [0.5, 0.6) is 0 Å². The van der Waals surface area contributed by atoms with Crippen molar-refractivity contribution < 1.29 is 14.4 Å². The largest absolute Gasteiger partial charge is 0.293 e. The van der Waals surface area contributed by atoms with Gasteiger partial charge in [0, 0.05) is 11.9 Å². The molecule has 0 spiro atoms. The van der Waals surface area contributed by atoms with E-state index in [0.717, 1.165) is 16.2 Å². The molecule has 0 saturated carbocycles. The molecule has 0 aliphatic carbocycles. The first-order valence-corrected chi connectivity index (χ1v) is 8.78. The first-order chi connectivity index (χ1) is 12.9. The van der Waals surface area contributed by atoms with E-state index in [1.165, 1.54) is 6.92 Å². The monoisotopic (exact) mass is 381 g/mol. The summed E-state index contributed by atoms with van der Waals surface area (Å²) in [5.74, 6) is -1.21. The third kappa shape index (κ3) is 2.61. The summed E-state index contributed by atoms with van der Waals surface area (Å²) in [7, 11) is 0. The number of benzene rings is 2. The van der Waals surface area contributed by atoms with E-state index in [1.807, 2.05) is 31.2 Å². The summed E-state index contributed by atoms with van der Waals surface area (Å²) in [5, 5.41) is 2.10. The van der Waals surface area contributed by atoms with Gasteiger partial charge in [0.25, 0.3) is 11.8 Å². The van der Waals surface area contributed by atoms with Crippen LogP contribution in [0.2, 0.25) is 5.02 Å². The molecule has 1 saturated heterocycles. The number of carbonyl (C=O) groups is 3. The van der Waals surface area contributed by atoms with Crippen molar-refractivity contribution in [3.05, 3.63) is 70.4 Å². The minimum Gasteiger partial charge on any atom is -0.293 e. The van der Waals surface area contributed by atoms with Crippen LogP contribution in [0.15, 0.2) is 59.8 Å². The summed E-state index contributed by atoms with van der Waals surface area (Å²) in [6, 6.07) is 13.0. The Labute approximate surface area is 161 Å². The van der Waals surface area contributed by atoms with Crippen molar-refractivity contribution in [2.24, 2.45) is 0 Å². The molecule has 0 bridgehead atoms. The zero-order valence-corrected chi connectivity index (χ0v) is 15.4. The SMILES string of the molecule is CC(=O)C1=C2C(=O)N(c3ccc(Cl)cc3)C(=O)[C@H]2N(c2ccccc2C)N1. The Morgan fingerprint density at radius 3 is 2.37 bits per heavy atom. The predicted octanol–water partition coefficient (Wildman–Crippen LogP) is 2.76. The normalized spacial score (nSPS) is 18.9. The summed E-state index contributed by atoms with van der Waals surface area (Å²) in [6.45, 7) is 3.27. The van der Waals surface area contributed by atoms with Gasteiger partial charge in [-0.15, -0.1) is 0 Å². The number of Topliss-reactive ketones (excluding diaryl/α,β-unsaturated/α-hetero) is 1. The summed E-state index contributed by atoms with van der Waals surface area (Å²) in [6.07, 6.45) is 0. The molecule has 27 heavy (non-hydrogen) atoms. The number of nitrogens with zero attached hydrogens (tertiary/aromatic N) is 2. The Morgan fingerprint density at radius 1 is 1.07 bits per heavy atom. The van der Waals surface area contributed by atoms with Crippen molar-refractivity contribution in [2.45, 2.75) is 19.9 Å². The van der Waals surface area contributed by atoms with Crippen molar-refractivity contribution in [1.82, 2.24) is 5.43 Å². The summed E-state index contributed by atoms with van der Waals surface area (Å²) in [4.78, 5) is 39.5. The van der Waals surface area contributed by atoms with Crippen LogP contribution in [-0.4, -0.2) is 23.6 Å². The lowest BCUT2D eigenvalue weighted by Crippen LogP contribution is -2.46. The second kappa shape index (κ2) is 6.25. The molecular formula is C20H16ClN3O3. The zero-order valence-electron chi connectivity index (χ0n) is 14.7. The summed E-state index contributed by atoms with van der Waals surface area (Å²) in [5.41, 5.74) is 5.36. The highest BCUT2D eigenvalue weighted by Crippen LogP contribution is 2.37. The summed E-state index contributed by atoms with van der Waals surface area (Å²) < 4.78 is 0. The first-order valence-electron chi connectivity index (χ1n) is 8.40. The van der Waals surface area contributed by atoms with Gasteiger partial charge in [-0.1, -0.05) is 29.8 Å². The van der Waals surface area contributed by atoms with Crippen LogP contribution in [0, 0.1) is 6.92 Å². The van der Waals surface area contributed by atoms with Crippen LogP contribution in [0.4, 0.5) is 11.4 Å². The van der Waals surface area contributed by atoms with E-state index in [0.29, 0.717) is 10.7 Å². The quantitative estimate of drug-likeness (QED) is 0.828. The minimum absolute atomic E-state index is 0.151. The fraction of sp³-hybridized carbons (Fsp3) is 0.150. The van der Waals surface area contributed by atoms with Gasteiger partial charge in [-0.3, -0.25) is 24.8 Å². The molecule has 2 aliphatic rings. The fourth-order valence-corrected chi connectivity index (χ4v) is 3.57. The standard InChI is InChI=1S/C20H16ClN3O3/c1-11-5-3-4-6-15(11)24-18-16(17(22-24)12(2)25)19(26)23(20(18)27)14-9-7-13(21)8-10-14/h3-10,18,22H,1-2H3/t18-/m0/s1. The Morgan fingerprint density at radius 2 is 1.74 bits per heavy atom. The van der Waals surface area contributed by atoms with Crippen LogP contribution in [0.3, 0.4) is 0 Å². The van der Waals surface area contributed by atoms with Crippen LogP contribution < -0.4 is 15.3 Å². The molecule has 2 aromatic rings. The van der Waals surface area contributed by atoms with E-state index in [1.54, 1.807) is 29.3 Å². The van der Waals surface area contributed by atoms with Crippen molar-refractivity contribution >= 4 is 40.6 Å². The fourth-order valence-electron chi connectivity index (χ4n) is 3.45. The number of nitrogens with one attached hydrogen (secondary N) is 1. The highest BCUT2D eigenvalue weighted by molar-refractivity contribution is 6.34. The van der Waals surface area contributed by atoms with E-state index in [2.05, 4.69) is 5.43 Å². The Bertz CT molecular complexity index is 1010. The van der Waals surface area contributed by atoms with Gasteiger partial charge in [0.15, 0.2) is 11.8 Å². The molecule has 2 heterocycles. The van der Waals surface area contributed by atoms with Crippen LogP contribution in [-0.2, 0) is 14.4 Å². The number of para-hydroxylation sites is 1. The number of aryl methyl sites for hydroxylation is 1. The molecule has 136 valence electrons. The molecule has 1 atom stereocenters. The van der Waals surface area contributed by atoms with Crippen LogP contribution in [0.1, 0.15) is 12.5 Å². The second-order valence-electron chi connectivity index (χ2n) is 6.47. The lowest BCUT2D eigenvalue weighted by molar-refractivity contribution is -0.121. The molecule has 1 fully saturated rings. The van der Waals surface area contributed by atoms with Crippen LogP contribution >= 0.6 is 11.6 Å². The van der Waals surface area contributed by atoms with Gasteiger partial charge >= 0.3 is 0 Å². The Hall–Kier alpha value is -3.12. The van der Waals surface area contributed by atoms with Gasteiger partial charge < -0.3 is 0 Å². The number of halogens is 1. The summed E-state index contributed by atoms with van der Waals surface area (Å²) >= 11 is 5.91. The maximum absolute atomic E-state index is 13.2. The number of imide groups is 1. The third-order valence-electron chi connectivity index (χ3n) is 4.73. The molecular weight excluding hydrogens is 366 g/mol. The van der Waals surface area contributed by atoms with E-state index in [9.17, 15) is 14.4 Å². The number of hydrogen-bond donors (Lipinski definition) is 1. The average molecular weight is 382 g/mol. The lowest BCUT2D eigenvalue weighted by atomic mass is 10.1. The van der Waals surface area contributed by atoms with Crippen molar-refractivity contribution in [1.29, 1.82) is 0 Å². The molecule has 0 unspecified atom stereocenters. The smallest absolute Gasteiger partial charge is 0.266 e. The van der Waals surface area contributed by atoms with Crippen molar-refractivity contribution in [3.8, 4) is 0 Å². The molecule has 1 N–H and O–H groups in total. The molecule has 0 radical (unpaired) electrons. The van der Waals surface area contributed by atoms with Crippen LogP contribution in [0.25, 0.3) is 0 Å². The lowest BCUT2D eigenvalue weighted by Gasteiger charge is -2.27. The number of rotatable bonds is 3. The number of allylic oxidation sites excluding steroid dienone is 1. The van der Waals surface area contributed by atoms with Crippen molar-refractivity contribution in [3.63, 3.8) is 0 Å². The number of amides is 2. The predicted molar refractivity (Wildman–Crippen MR) is 102 cm³/mol. The Kier molecular flexibility index (Phi) is 4.00. The number of hydrogen-bond acceptors (Lipinski definition) is 5. The topological polar surface area (TPSA) is 69.7 Å². The molecule has 7 heteroatoms. The van der Waals surface area contributed by atoms with Crippen molar-refractivity contribution in [2.75, 3.05) is 9.91 Å². The molecule has 0 aromatic heterocycles. The average Bonchev–Trinajstić information content (AvgIpc) is 3.14. The molecule has 6 nitrogen and oxygen atoms in total. The molecule has 2 aliphatic heterocycles. The van der Waals surface area contributed by atoms with Gasteiger partial charge in [0.2, 0.25) is 0 Å². The van der Waals surface area contributed by atoms with Gasteiger partial charge in [0.1, 0.15) is 5.70 Å². The highest BCUT2D eigenvalue weighted by Gasteiger charge is 2.53. The van der Waals surface area contributed by atoms with E-state index in [4.69, 9.17) is 11.6 Å². The third-order valence-corrected chi connectivity index (χ3v) is 4.98. The number of ketones is 1. The first kappa shape index (κ1) is 17.3. The maximum atomic E-state index is 13.2. The van der Waals surface area contributed by atoms with Gasteiger partial charge in [-0.05, 0) is 42.8 Å². The van der Waals surface area contributed by atoms with Gasteiger partial charge in [0.05, 0.1) is 16.9 Å². The highest BCUT2D eigenvalue weighted by atomic mass is 35.5. The van der Waals surface area contributed by atoms with E-state index in [-0.39, 0.29) is 17.1 Å². The molecule has 2 amide bonds. The molecule has 4 rings (SSSR count). The Balaban J connectivity index is 1.84.